The van der Waals surface area contributed by atoms with E-state index >= 15 is 0 Å². The van der Waals surface area contributed by atoms with Crippen LogP contribution in [-0.4, -0.2) is 34.5 Å². The number of nitrogens with zero attached hydrogens (tertiary/aromatic N) is 1. The van der Waals surface area contributed by atoms with Crippen LogP contribution in [0.1, 0.15) is 46.5 Å². The number of carbonyl (C=O) groups is 2. The molecular formula is C13H23NO3. The molecule has 0 aromatic heterocycles. The third-order valence-corrected chi connectivity index (χ3v) is 3.58. The molecule has 0 saturated heterocycles. The first-order valence-corrected chi connectivity index (χ1v) is 6.44. The maximum Gasteiger partial charge on any atom is 0.323 e. The van der Waals surface area contributed by atoms with E-state index in [4.69, 9.17) is 5.11 Å². The first-order chi connectivity index (χ1) is 7.91. The smallest absolute Gasteiger partial charge is 0.323 e. The monoisotopic (exact) mass is 241 g/mol. The molecule has 1 rings (SSSR count). The van der Waals surface area contributed by atoms with Crippen LogP contribution in [0.15, 0.2) is 0 Å². The fourth-order valence-electron chi connectivity index (χ4n) is 2.40. The molecule has 1 fully saturated rings. The van der Waals surface area contributed by atoms with Crippen LogP contribution in [0.25, 0.3) is 0 Å². The molecule has 1 N–H and O–H groups in total. The summed E-state index contributed by atoms with van der Waals surface area (Å²) >= 11 is 0. The predicted molar refractivity (Wildman–Crippen MR) is 65.6 cm³/mol. The molecule has 4 nitrogen and oxygen atoms in total. The van der Waals surface area contributed by atoms with E-state index in [-0.39, 0.29) is 24.4 Å². The van der Waals surface area contributed by atoms with Gasteiger partial charge in [0.25, 0.3) is 0 Å². The van der Waals surface area contributed by atoms with Gasteiger partial charge in [-0.2, -0.15) is 0 Å². The number of carboxylic acids is 1. The lowest BCUT2D eigenvalue weighted by molar-refractivity contribution is -0.148. The molecule has 1 aliphatic carbocycles. The maximum absolute atomic E-state index is 12.2. The van der Waals surface area contributed by atoms with Gasteiger partial charge in [0.1, 0.15) is 6.54 Å². The molecule has 0 aromatic rings. The van der Waals surface area contributed by atoms with E-state index in [1.165, 1.54) is 4.90 Å². The predicted octanol–water partition coefficient (Wildman–Crippen LogP) is 2.13. The van der Waals surface area contributed by atoms with Gasteiger partial charge in [-0.1, -0.05) is 6.92 Å². The number of carbonyl (C=O) groups excluding carboxylic acids is 1. The Bertz CT molecular complexity index is 280. The maximum atomic E-state index is 12.2. The van der Waals surface area contributed by atoms with Gasteiger partial charge < -0.3 is 10.0 Å². The second-order valence-electron chi connectivity index (χ2n) is 5.41. The SMILES string of the molecule is CC1CCC(C(=O)N(CC(=O)O)C(C)C)CC1. The van der Waals surface area contributed by atoms with Gasteiger partial charge in [-0.25, -0.2) is 0 Å². The molecule has 1 aliphatic rings. The summed E-state index contributed by atoms with van der Waals surface area (Å²) in [5.74, 6) is -0.176. The Labute approximate surface area is 103 Å². The standard InChI is InChI=1S/C13H23NO3/c1-9(2)14(8-12(15)16)13(17)11-6-4-10(3)5-7-11/h9-11H,4-8H2,1-3H3,(H,15,16). The van der Waals surface area contributed by atoms with Crippen LogP contribution in [0.3, 0.4) is 0 Å². The van der Waals surface area contributed by atoms with Gasteiger partial charge in [0.2, 0.25) is 5.91 Å². The number of hydrogen-bond donors (Lipinski definition) is 1. The molecule has 1 saturated carbocycles. The molecule has 0 unspecified atom stereocenters. The highest BCUT2D eigenvalue weighted by atomic mass is 16.4. The third kappa shape index (κ3) is 4.02. The van der Waals surface area contributed by atoms with E-state index in [9.17, 15) is 9.59 Å². The first kappa shape index (κ1) is 14.0. The quantitative estimate of drug-likeness (QED) is 0.820. The number of carboxylic acid groups (broad SMARTS) is 1. The van der Waals surface area contributed by atoms with Crippen molar-refractivity contribution in [1.29, 1.82) is 0 Å². The Balaban J connectivity index is 2.61. The van der Waals surface area contributed by atoms with E-state index in [2.05, 4.69) is 6.92 Å². The van der Waals surface area contributed by atoms with E-state index in [1.54, 1.807) is 0 Å². The van der Waals surface area contributed by atoms with E-state index < -0.39 is 5.97 Å². The highest BCUT2D eigenvalue weighted by Crippen LogP contribution is 2.29. The fraction of sp³-hybridized carbons (Fsp3) is 0.846. The van der Waals surface area contributed by atoms with Crippen molar-refractivity contribution in [2.45, 2.75) is 52.5 Å². The first-order valence-electron chi connectivity index (χ1n) is 6.44. The molecule has 0 radical (unpaired) electrons. The number of aliphatic carboxylic acids is 1. The fourth-order valence-corrected chi connectivity index (χ4v) is 2.40. The Kier molecular flexibility index (Phi) is 4.97. The second kappa shape index (κ2) is 6.03. The molecule has 98 valence electrons. The molecule has 4 heteroatoms. The van der Waals surface area contributed by atoms with Crippen LogP contribution >= 0.6 is 0 Å². The van der Waals surface area contributed by atoms with Crippen LogP contribution in [0.4, 0.5) is 0 Å². The highest BCUT2D eigenvalue weighted by molar-refractivity contribution is 5.83. The summed E-state index contributed by atoms with van der Waals surface area (Å²) in [5, 5.41) is 8.83. The minimum Gasteiger partial charge on any atom is -0.480 e. The molecule has 0 aromatic carbocycles. The highest BCUT2D eigenvalue weighted by Gasteiger charge is 2.30. The van der Waals surface area contributed by atoms with Gasteiger partial charge in [0, 0.05) is 12.0 Å². The Morgan fingerprint density at radius 3 is 2.18 bits per heavy atom. The van der Waals surface area contributed by atoms with Crippen LogP contribution in [-0.2, 0) is 9.59 Å². The topological polar surface area (TPSA) is 57.6 Å². The molecule has 0 heterocycles. The molecule has 0 spiro atoms. The Morgan fingerprint density at radius 2 is 1.76 bits per heavy atom. The zero-order valence-corrected chi connectivity index (χ0v) is 11.0. The second-order valence-corrected chi connectivity index (χ2v) is 5.41. The Hall–Kier alpha value is -1.06. The number of rotatable bonds is 4. The van der Waals surface area contributed by atoms with Crippen LogP contribution in [0.5, 0.6) is 0 Å². The van der Waals surface area contributed by atoms with E-state index in [1.807, 2.05) is 13.8 Å². The molecule has 1 amide bonds. The average Bonchev–Trinajstić information content (AvgIpc) is 2.25. The summed E-state index contributed by atoms with van der Waals surface area (Å²) in [7, 11) is 0. The van der Waals surface area contributed by atoms with Crippen molar-refractivity contribution >= 4 is 11.9 Å². The minimum absolute atomic E-state index is 0.0225. The third-order valence-electron chi connectivity index (χ3n) is 3.58. The van der Waals surface area contributed by atoms with Crippen molar-refractivity contribution in [2.75, 3.05) is 6.54 Å². The minimum atomic E-state index is -0.934. The van der Waals surface area contributed by atoms with Gasteiger partial charge >= 0.3 is 5.97 Å². The van der Waals surface area contributed by atoms with Gasteiger partial charge in [-0.05, 0) is 45.4 Å². The number of hydrogen-bond acceptors (Lipinski definition) is 2. The van der Waals surface area contributed by atoms with Crippen molar-refractivity contribution in [2.24, 2.45) is 11.8 Å². The number of amides is 1. The lowest BCUT2D eigenvalue weighted by Crippen LogP contribution is -2.44. The van der Waals surface area contributed by atoms with Gasteiger partial charge in [-0.15, -0.1) is 0 Å². The zero-order valence-electron chi connectivity index (χ0n) is 11.0. The van der Waals surface area contributed by atoms with Crippen molar-refractivity contribution in [3.63, 3.8) is 0 Å². The van der Waals surface area contributed by atoms with Crippen LogP contribution < -0.4 is 0 Å². The summed E-state index contributed by atoms with van der Waals surface area (Å²) in [4.78, 5) is 24.5. The van der Waals surface area contributed by atoms with E-state index in [0.29, 0.717) is 5.92 Å². The lowest BCUT2D eigenvalue weighted by atomic mass is 9.82. The average molecular weight is 241 g/mol. The molecule has 0 atom stereocenters. The van der Waals surface area contributed by atoms with Crippen LogP contribution in [0.2, 0.25) is 0 Å². The molecule has 17 heavy (non-hydrogen) atoms. The van der Waals surface area contributed by atoms with Crippen molar-refractivity contribution in [3.8, 4) is 0 Å². The summed E-state index contributed by atoms with van der Waals surface area (Å²) in [6.45, 7) is 5.76. The van der Waals surface area contributed by atoms with Gasteiger partial charge in [0.15, 0.2) is 0 Å². The summed E-state index contributed by atoms with van der Waals surface area (Å²) < 4.78 is 0. The lowest BCUT2D eigenvalue weighted by Gasteiger charge is -2.32. The van der Waals surface area contributed by atoms with Gasteiger partial charge in [-0.3, -0.25) is 9.59 Å². The zero-order chi connectivity index (χ0) is 13.0. The molecule has 0 bridgehead atoms. The van der Waals surface area contributed by atoms with E-state index in [0.717, 1.165) is 25.7 Å². The largest absolute Gasteiger partial charge is 0.480 e. The summed E-state index contributed by atoms with van der Waals surface area (Å²) in [6, 6.07) is -0.0436. The molecule has 0 aliphatic heterocycles. The van der Waals surface area contributed by atoms with Gasteiger partial charge in [0.05, 0.1) is 0 Å². The van der Waals surface area contributed by atoms with Crippen molar-refractivity contribution in [3.05, 3.63) is 0 Å². The summed E-state index contributed by atoms with van der Waals surface area (Å²) in [5.41, 5.74) is 0. The normalized spacial score (nSPS) is 24.7. The Morgan fingerprint density at radius 1 is 1.24 bits per heavy atom. The van der Waals surface area contributed by atoms with Crippen LogP contribution in [0, 0.1) is 11.8 Å². The summed E-state index contributed by atoms with van der Waals surface area (Å²) in [6.07, 6.45) is 3.97. The van der Waals surface area contributed by atoms with Crippen molar-refractivity contribution in [1.82, 2.24) is 4.90 Å². The van der Waals surface area contributed by atoms with Crippen molar-refractivity contribution < 1.29 is 14.7 Å². The molecular weight excluding hydrogens is 218 g/mol.